The number of anilines is 1. The lowest BCUT2D eigenvalue weighted by Gasteiger charge is -2.37. The average Bonchev–Trinajstić information content (AvgIpc) is 3.11. The van der Waals surface area contributed by atoms with Crippen LogP contribution in [-0.2, 0) is 0 Å². The molecule has 1 aromatic rings. The van der Waals surface area contributed by atoms with Crippen LogP contribution in [0, 0.1) is 0 Å². The van der Waals surface area contributed by atoms with Crippen molar-refractivity contribution in [3.63, 3.8) is 0 Å². The Hall–Kier alpha value is -0.810. The van der Waals surface area contributed by atoms with Gasteiger partial charge in [0.05, 0.1) is 6.54 Å². The second kappa shape index (κ2) is 9.22. The topological polar surface area (TPSA) is 73.9 Å². The van der Waals surface area contributed by atoms with Crippen LogP contribution < -0.4 is 10.6 Å². The number of nitrogens with zero attached hydrogens (tertiary/aromatic N) is 6. The first-order valence-corrected chi connectivity index (χ1v) is 9.58. The van der Waals surface area contributed by atoms with Crippen molar-refractivity contribution >= 4 is 47.6 Å². The summed E-state index contributed by atoms with van der Waals surface area (Å²) in [5, 5.41) is 0. The number of aliphatic imine (C=N–C) groups is 1. The fourth-order valence-corrected chi connectivity index (χ4v) is 4.68. The Morgan fingerprint density at radius 1 is 1.28 bits per heavy atom. The smallest absolute Gasteiger partial charge is 0.225 e. The van der Waals surface area contributed by atoms with Crippen molar-refractivity contribution in [1.82, 2.24) is 19.8 Å². The molecule has 0 aliphatic carbocycles. The third kappa shape index (κ3) is 4.88. The van der Waals surface area contributed by atoms with Gasteiger partial charge in [-0.3, -0.25) is 4.99 Å². The third-order valence-electron chi connectivity index (χ3n) is 5.01. The molecule has 2 N–H and O–H groups in total. The van der Waals surface area contributed by atoms with Crippen molar-refractivity contribution in [2.75, 3.05) is 63.2 Å². The zero-order chi connectivity index (χ0) is 17.0. The van der Waals surface area contributed by atoms with Gasteiger partial charge in [-0.15, -0.1) is 24.0 Å². The monoisotopic (exact) mass is 477 g/mol. The second-order valence-corrected chi connectivity index (χ2v) is 7.72. The predicted octanol–water partition coefficient (Wildman–Crippen LogP) is 0.969. The van der Waals surface area contributed by atoms with Gasteiger partial charge in [0, 0.05) is 49.9 Å². The average molecular weight is 477 g/mol. The standard InChI is InChI=1S/C16H27N7S.HI/c1-21(2)16(4-11-24-13-16)12-20-14(17)22-7-9-23(10-8-22)15-18-5-3-6-19-15;/h3,5-6H,4,7-13H2,1-2H3,(H2,17,20);1H. The summed E-state index contributed by atoms with van der Waals surface area (Å²) < 4.78 is 0. The van der Waals surface area contributed by atoms with E-state index in [-0.39, 0.29) is 29.5 Å². The summed E-state index contributed by atoms with van der Waals surface area (Å²) in [6.07, 6.45) is 4.75. The van der Waals surface area contributed by atoms with E-state index in [4.69, 9.17) is 10.7 Å². The highest BCUT2D eigenvalue weighted by molar-refractivity contribution is 14.0. The highest BCUT2D eigenvalue weighted by Crippen LogP contribution is 2.32. The third-order valence-corrected chi connectivity index (χ3v) is 6.24. The molecule has 1 atom stereocenters. The second-order valence-electron chi connectivity index (χ2n) is 6.62. The fourth-order valence-electron chi connectivity index (χ4n) is 3.13. The summed E-state index contributed by atoms with van der Waals surface area (Å²) in [7, 11) is 4.30. The van der Waals surface area contributed by atoms with Crippen LogP contribution in [0.2, 0.25) is 0 Å². The lowest BCUT2D eigenvalue weighted by atomic mass is 9.98. The Kier molecular flexibility index (Phi) is 7.56. The first-order chi connectivity index (χ1) is 11.6. The molecular formula is C16H28IN7S. The Bertz CT molecular complexity index is 555. The van der Waals surface area contributed by atoms with Crippen LogP contribution in [0.25, 0.3) is 0 Å². The molecule has 0 amide bonds. The minimum atomic E-state index is 0. The van der Waals surface area contributed by atoms with Crippen LogP contribution >= 0.6 is 35.7 Å². The molecule has 2 aliphatic rings. The van der Waals surface area contributed by atoms with Crippen LogP contribution in [0.3, 0.4) is 0 Å². The summed E-state index contributed by atoms with van der Waals surface area (Å²) in [6, 6.07) is 1.84. The van der Waals surface area contributed by atoms with Gasteiger partial charge >= 0.3 is 0 Å². The minimum absolute atomic E-state index is 0. The predicted molar refractivity (Wildman–Crippen MR) is 116 cm³/mol. The molecule has 3 rings (SSSR count). The first-order valence-electron chi connectivity index (χ1n) is 8.43. The number of aromatic nitrogens is 2. The molecule has 0 bridgehead atoms. The largest absolute Gasteiger partial charge is 0.370 e. The number of guanidine groups is 1. The molecule has 2 aliphatic heterocycles. The van der Waals surface area contributed by atoms with Gasteiger partial charge in [-0.1, -0.05) is 0 Å². The lowest BCUT2D eigenvalue weighted by Crippen LogP contribution is -2.52. The molecule has 2 saturated heterocycles. The number of halogens is 1. The lowest BCUT2D eigenvalue weighted by molar-refractivity contribution is 0.189. The summed E-state index contributed by atoms with van der Waals surface area (Å²) in [4.78, 5) is 20.0. The van der Waals surface area contributed by atoms with Crippen molar-refractivity contribution in [1.29, 1.82) is 0 Å². The number of piperazine rings is 1. The summed E-state index contributed by atoms with van der Waals surface area (Å²) in [6.45, 7) is 4.24. The molecule has 25 heavy (non-hydrogen) atoms. The van der Waals surface area contributed by atoms with Crippen molar-refractivity contribution in [3.8, 4) is 0 Å². The molecule has 1 unspecified atom stereocenters. The Morgan fingerprint density at radius 2 is 1.96 bits per heavy atom. The summed E-state index contributed by atoms with van der Waals surface area (Å²) in [5.41, 5.74) is 6.43. The molecule has 3 heterocycles. The molecule has 140 valence electrons. The zero-order valence-electron chi connectivity index (χ0n) is 15.0. The number of thioether (sulfide) groups is 1. The fraction of sp³-hybridized carbons (Fsp3) is 0.688. The molecule has 0 saturated carbocycles. The Morgan fingerprint density at radius 3 is 2.52 bits per heavy atom. The number of rotatable bonds is 4. The maximum Gasteiger partial charge on any atom is 0.225 e. The van der Waals surface area contributed by atoms with Crippen LogP contribution in [0.5, 0.6) is 0 Å². The molecule has 2 fully saturated rings. The Balaban J connectivity index is 0.00000225. The van der Waals surface area contributed by atoms with Crippen LogP contribution in [0.1, 0.15) is 6.42 Å². The zero-order valence-corrected chi connectivity index (χ0v) is 18.1. The van der Waals surface area contributed by atoms with Crippen molar-refractivity contribution < 1.29 is 0 Å². The van der Waals surface area contributed by atoms with E-state index in [1.165, 1.54) is 12.2 Å². The molecule has 0 spiro atoms. The van der Waals surface area contributed by atoms with E-state index in [9.17, 15) is 0 Å². The number of hydrogen-bond acceptors (Lipinski definition) is 6. The highest BCUT2D eigenvalue weighted by atomic mass is 127. The van der Waals surface area contributed by atoms with Crippen molar-refractivity contribution in [2.45, 2.75) is 12.0 Å². The van der Waals surface area contributed by atoms with E-state index >= 15 is 0 Å². The number of hydrogen-bond donors (Lipinski definition) is 1. The van der Waals surface area contributed by atoms with E-state index in [0.717, 1.165) is 44.4 Å². The Labute approximate surface area is 171 Å². The summed E-state index contributed by atoms with van der Waals surface area (Å²) in [5.74, 6) is 3.81. The van der Waals surface area contributed by atoms with Crippen molar-refractivity contribution in [3.05, 3.63) is 18.5 Å². The normalized spacial score (nSPS) is 24.5. The van der Waals surface area contributed by atoms with Crippen LogP contribution in [0.4, 0.5) is 5.95 Å². The van der Waals surface area contributed by atoms with E-state index in [1.807, 2.05) is 17.8 Å². The van der Waals surface area contributed by atoms with Crippen LogP contribution in [0.15, 0.2) is 23.5 Å². The molecule has 7 nitrogen and oxygen atoms in total. The van der Waals surface area contributed by atoms with E-state index in [0.29, 0.717) is 5.96 Å². The number of nitrogens with two attached hydrogens (primary N) is 1. The molecule has 9 heteroatoms. The highest BCUT2D eigenvalue weighted by Gasteiger charge is 2.36. The maximum atomic E-state index is 6.27. The van der Waals surface area contributed by atoms with Gasteiger partial charge in [-0.05, 0) is 32.3 Å². The van der Waals surface area contributed by atoms with Gasteiger partial charge in [0.15, 0.2) is 5.96 Å². The van der Waals surface area contributed by atoms with E-state index in [2.05, 4.69) is 38.8 Å². The van der Waals surface area contributed by atoms with Gasteiger partial charge < -0.3 is 20.4 Å². The van der Waals surface area contributed by atoms with E-state index in [1.54, 1.807) is 12.4 Å². The first kappa shape index (κ1) is 20.5. The van der Waals surface area contributed by atoms with Gasteiger partial charge in [0.1, 0.15) is 0 Å². The minimum Gasteiger partial charge on any atom is -0.370 e. The SMILES string of the molecule is CN(C)C1(CN=C(N)N2CCN(c3ncccn3)CC2)CCSC1.I. The van der Waals surface area contributed by atoms with E-state index < -0.39 is 0 Å². The molecular weight excluding hydrogens is 449 g/mol. The van der Waals surface area contributed by atoms with Gasteiger partial charge in [-0.25, -0.2) is 9.97 Å². The molecule has 0 aromatic carbocycles. The van der Waals surface area contributed by atoms with Crippen molar-refractivity contribution in [2.24, 2.45) is 10.7 Å². The maximum absolute atomic E-state index is 6.27. The molecule has 0 radical (unpaired) electrons. The van der Waals surface area contributed by atoms with Gasteiger partial charge in [0.25, 0.3) is 0 Å². The number of likely N-dealkylation sites (N-methyl/N-ethyl adjacent to an activating group) is 1. The quantitative estimate of drug-likeness (QED) is 0.394. The summed E-state index contributed by atoms with van der Waals surface area (Å²) >= 11 is 2.01. The van der Waals surface area contributed by atoms with Gasteiger partial charge in [-0.2, -0.15) is 11.8 Å². The van der Waals surface area contributed by atoms with Crippen LogP contribution in [-0.4, -0.2) is 89.6 Å². The molecule has 1 aromatic heterocycles. The van der Waals surface area contributed by atoms with Gasteiger partial charge in [0.2, 0.25) is 5.95 Å².